The van der Waals surface area contributed by atoms with E-state index in [2.05, 4.69) is 20.8 Å². The predicted octanol–water partition coefficient (Wildman–Crippen LogP) is 2.08. The van der Waals surface area contributed by atoms with Crippen molar-refractivity contribution < 1.29 is 0 Å². The van der Waals surface area contributed by atoms with E-state index in [1.54, 1.807) is 0 Å². The van der Waals surface area contributed by atoms with Gasteiger partial charge in [-0.15, -0.1) is 0 Å². The molecule has 0 aliphatic carbocycles. The van der Waals surface area contributed by atoms with Crippen LogP contribution in [0.3, 0.4) is 0 Å². The number of nitrogens with two attached hydrogens (primary N) is 2. The van der Waals surface area contributed by atoms with Crippen LogP contribution in [-0.4, -0.2) is 6.17 Å². The molecule has 0 fully saturated rings. The molecule has 2 heteroatoms. The van der Waals surface area contributed by atoms with Crippen LogP contribution in [0.5, 0.6) is 0 Å². The number of hydrogen-bond acceptors (Lipinski definition) is 2. The van der Waals surface area contributed by atoms with Gasteiger partial charge in [-0.25, -0.2) is 0 Å². The zero-order valence-corrected chi connectivity index (χ0v) is 8.72. The van der Waals surface area contributed by atoms with Crippen LogP contribution in [0.1, 0.15) is 46.5 Å². The Morgan fingerprint density at radius 2 is 1.75 bits per heavy atom. The summed E-state index contributed by atoms with van der Waals surface area (Å²) in [7, 11) is 0. The molecule has 0 heterocycles. The molecule has 0 aliphatic rings. The summed E-state index contributed by atoms with van der Waals surface area (Å²) in [5, 5.41) is 0. The quantitative estimate of drug-likeness (QED) is 0.603. The van der Waals surface area contributed by atoms with Gasteiger partial charge in [0.2, 0.25) is 0 Å². The molecule has 0 aliphatic heterocycles. The third-order valence-electron chi connectivity index (χ3n) is 2.48. The molecule has 0 saturated carbocycles. The van der Waals surface area contributed by atoms with Crippen LogP contribution in [0.15, 0.2) is 0 Å². The van der Waals surface area contributed by atoms with E-state index in [4.69, 9.17) is 11.5 Å². The van der Waals surface area contributed by atoms with Gasteiger partial charge in [0.25, 0.3) is 0 Å². The van der Waals surface area contributed by atoms with Crippen molar-refractivity contribution >= 4 is 0 Å². The van der Waals surface area contributed by atoms with E-state index in [1.165, 1.54) is 19.3 Å². The second kappa shape index (κ2) is 6.44. The van der Waals surface area contributed by atoms with Crippen LogP contribution in [0.4, 0.5) is 0 Å². The van der Waals surface area contributed by atoms with Gasteiger partial charge >= 0.3 is 0 Å². The molecule has 4 N–H and O–H groups in total. The minimum atomic E-state index is -0.144. The van der Waals surface area contributed by atoms with E-state index >= 15 is 0 Å². The van der Waals surface area contributed by atoms with Crippen LogP contribution < -0.4 is 11.5 Å². The lowest BCUT2D eigenvalue weighted by molar-refractivity contribution is 0.344. The monoisotopic (exact) mass is 172 g/mol. The first-order valence-electron chi connectivity index (χ1n) is 5.09. The average Bonchev–Trinajstić information content (AvgIpc) is 2.00. The Morgan fingerprint density at radius 1 is 1.17 bits per heavy atom. The third kappa shape index (κ3) is 5.56. The van der Waals surface area contributed by atoms with E-state index in [-0.39, 0.29) is 6.17 Å². The number of rotatable bonds is 6. The summed E-state index contributed by atoms with van der Waals surface area (Å²) in [4.78, 5) is 0. The molecule has 0 radical (unpaired) electrons. The molecule has 0 aromatic carbocycles. The molecule has 12 heavy (non-hydrogen) atoms. The molecule has 0 aromatic rings. The highest BCUT2D eigenvalue weighted by molar-refractivity contribution is 4.65. The van der Waals surface area contributed by atoms with Crippen LogP contribution in [0.2, 0.25) is 0 Å². The zero-order valence-electron chi connectivity index (χ0n) is 8.72. The minimum absolute atomic E-state index is 0.144. The molecule has 74 valence electrons. The Morgan fingerprint density at radius 3 is 2.17 bits per heavy atom. The van der Waals surface area contributed by atoms with Gasteiger partial charge in [0.05, 0.1) is 6.17 Å². The molecule has 0 amide bonds. The van der Waals surface area contributed by atoms with Crippen molar-refractivity contribution in [2.24, 2.45) is 23.3 Å². The number of unbranched alkanes of at least 4 members (excludes halogenated alkanes) is 1. The fourth-order valence-electron chi connectivity index (χ4n) is 1.46. The van der Waals surface area contributed by atoms with Crippen LogP contribution in [-0.2, 0) is 0 Å². The fraction of sp³-hybridized carbons (Fsp3) is 1.00. The number of hydrogen-bond donors (Lipinski definition) is 2. The highest BCUT2D eigenvalue weighted by atomic mass is 14.9. The lowest BCUT2D eigenvalue weighted by atomic mass is 9.92. The van der Waals surface area contributed by atoms with Crippen molar-refractivity contribution in [1.82, 2.24) is 0 Å². The summed E-state index contributed by atoms with van der Waals surface area (Å²) in [5.41, 5.74) is 11.2. The van der Waals surface area contributed by atoms with Gasteiger partial charge in [-0.3, -0.25) is 0 Å². The fourth-order valence-corrected chi connectivity index (χ4v) is 1.46. The normalized spacial score (nSPS) is 16.5. The third-order valence-corrected chi connectivity index (χ3v) is 2.48. The van der Waals surface area contributed by atoms with Crippen molar-refractivity contribution in [3.05, 3.63) is 0 Å². The van der Waals surface area contributed by atoms with Crippen molar-refractivity contribution in [3.8, 4) is 0 Å². The van der Waals surface area contributed by atoms with Gasteiger partial charge in [0, 0.05) is 0 Å². The Hall–Kier alpha value is -0.0800. The molecule has 0 aromatic heterocycles. The summed E-state index contributed by atoms with van der Waals surface area (Å²) < 4.78 is 0. The largest absolute Gasteiger partial charge is 0.316 e. The summed E-state index contributed by atoms with van der Waals surface area (Å²) in [6, 6.07) is 0. The standard InChI is InChI=1S/C10H24N2/c1-4-5-6-8(2)7-9(3)10(11)12/h8-10H,4-7,11-12H2,1-3H3. The van der Waals surface area contributed by atoms with Gasteiger partial charge in [0.15, 0.2) is 0 Å². The molecular formula is C10H24N2. The van der Waals surface area contributed by atoms with Crippen molar-refractivity contribution in [2.45, 2.75) is 52.6 Å². The first-order valence-corrected chi connectivity index (χ1v) is 5.09. The van der Waals surface area contributed by atoms with Crippen LogP contribution in [0, 0.1) is 11.8 Å². The smallest absolute Gasteiger partial charge is 0.0547 e. The average molecular weight is 172 g/mol. The maximum absolute atomic E-state index is 5.59. The molecule has 2 unspecified atom stereocenters. The summed E-state index contributed by atoms with van der Waals surface area (Å²) in [6.45, 7) is 6.65. The lowest BCUT2D eigenvalue weighted by Crippen LogP contribution is -2.37. The molecule has 0 bridgehead atoms. The van der Waals surface area contributed by atoms with Crippen molar-refractivity contribution in [2.75, 3.05) is 0 Å². The summed E-state index contributed by atoms with van der Waals surface area (Å²) in [5.74, 6) is 1.23. The summed E-state index contributed by atoms with van der Waals surface area (Å²) >= 11 is 0. The molecule has 0 spiro atoms. The van der Waals surface area contributed by atoms with E-state index in [0.29, 0.717) is 5.92 Å². The van der Waals surface area contributed by atoms with E-state index in [0.717, 1.165) is 12.3 Å². The van der Waals surface area contributed by atoms with Gasteiger partial charge in [0.1, 0.15) is 0 Å². The topological polar surface area (TPSA) is 52.0 Å². The second-order valence-corrected chi connectivity index (χ2v) is 4.04. The lowest BCUT2D eigenvalue weighted by Gasteiger charge is -2.19. The second-order valence-electron chi connectivity index (χ2n) is 4.04. The van der Waals surface area contributed by atoms with Gasteiger partial charge in [-0.05, 0) is 18.3 Å². The minimum Gasteiger partial charge on any atom is -0.316 e. The Balaban J connectivity index is 3.47. The molecular weight excluding hydrogens is 148 g/mol. The SMILES string of the molecule is CCCCC(C)CC(C)C(N)N. The Kier molecular flexibility index (Phi) is 6.39. The Labute approximate surface area is 76.7 Å². The maximum atomic E-state index is 5.59. The van der Waals surface area contributed by atoms with Crippen LogP contribution >= 0.6 is 0 Å². The first kappa shape index (κ1) is 11.9. The zero-order chi connectivity index (χ0) is 9.56. The highest BCUT2D eigenvalue weighted by Crippen LogP contribution is 2.17. The van der Waals surface area contributed by atoms with Crippen LogP contribution in [0.25, 0.3) is 0 Å². The predicted molar refractivity (Wildman–Crippen MR) is 54.6 cm³/mol. The van der Waals surface area contributed by atoms with Crippen molar-refractivity contribution in [3.63, 3.8) is 0 Å². The van der Waals surface area contributed by atoms with E-state index < -0.39 is 0 Å². The molecule has 2 nitrogen and oxygen atoms in total. The van der Waals surface area contributed by atoms with Gasteiger partial charge in [-0.2, -0.15) is 0 Å². The first-order chi connectivity index (χ1) is 5.57. The summed E-state index contributed by atoms with van der Waals surface area (Å²) in [6.07, 6.45) is 4.95. The maximum Gasteiger partial charge on any atom is 0.0547 e. The Bertz CT molecular complexity index is 102. The molecule has 0 saturated heterocycles. The van der Waals surface area contributed by atoms with E-state index in [1.807, 2.05) is 0 Å². The highest BCUT2D eigenvalue weighted by Gasteiger charge is 2.11. The molecule has 0 rings (SSSR count). The van der Waals surface area contributed by atoms with Gasteiger partial charge in [-0.1, -0.05) is 40.0 Å². The van der Waals surface area contributed by atoms with Gasteiger partial charge < -0.3 is 11.5 Å². The molecule has 2 atom stereocenters. The van der Waals surface area contributed by atoms with E-state index in [9.17, 15) is 0 Å². The van der Waals surface area contributed by atoms with Crippen molar-refractivity contribution in [1.29, 1.82) is 0 Å².